The van der Waals surface area contributed by atoms with Gasteiger partial charge in [-0.3, -0.25) is 4.18 Å². The molecule has 10 nitrogen and oxygen atoms in total. The number of nitrogens with zero attached hydrogens (tertiary/aromatic N) is 2. The summed E-state index contributed by atoms with van der Waals surface area (Å²) in [7, 11) is -4.00. The molecule has 33 heavy (non-hydrogen) atoms. The highest BCUT2D eigenvalue weighted by atomic mass is 32.2. The number of rotatable bonds is 5. The molecule has 5 rings (SSSR count). The summed E-state index contributed by atoms with van der Waals surface area (Å²) in [6, 6.07) is 9.93. The Morgan fingerprint density at radius 2 is 1.67 bits per heavy atom. The fraction of sp³-hybridized carbons (Fsp3) is 0.727. The van der Waals surface area contributed by atoms with Crippen LogP contribution in [0.1, 0.15) is 27.7 Å². The zero-order valence-electron chi connectivity index (χ0n) is 19.4. The topological polar surface area (TPSA) is 96.0 Å². The number of benzene rings is 1. The first-order valence-electron chi connectivity index (χ1n) is 11.3. The average Bonchev–Trinajstić information content (AvgIpc) is 3.24. The van der Waals surface area contributed by atoms with E-state index in [9.17, 15) is 8.42 Å². The zero-order valence-corrected chi connectivity index (χ0v) is 20.2. The molecule has 4 aliphatic rings. The quantitative estimate of drug-likeness (QED) is 0.616. The van der Waals surface area contributed by atoms with Crippen molar-refractivity contribution in [3.05, 3.63) is 30.3 Å². The van der Waals surface area contributed by atoms with E-state index in [2.05, 4.69) is 4.90 Å². The van der Waals surface area contributed by atoms with Crippen LogP contribution in [-0.2, 0) is 38.2 Å². The second-order valence-electron chi connectivity index (χ2n) is 9.74. The summed E-state index contributed by atoms with van der Waals surface area (Å²) < 4.78 is 63.1. The third-order valence-electron chi connectivity index (χ3n) is 6.36. The van der Waals surface area contributed by atoms with E-state index in [1.54, 1.807) is 13.8 Å². The van der Waals surface area contributed by atoms with E-state index in [0.29, 0.717) is 26.2 Å². The summed E-state index contributed by atoms with van der Waals surface area (Å²) in [6.07, 6.45) is -1.49. The molecule has 1 aromatic rings. The number of fused-ring (bicyclic) bond motifs is 3. The second-order valence-corrected chi connectivity index (χ2v) is 11.4. The molecule has 184 valence electrons. The van der Waals surface area contributed by atoms with E-state index in [-0.39, 0.29) is 19.3 Å². The van der Waals surface area contributed by atoms with Gasteiger partial charge in [0, 0.05) is 31.9 Å². The predicted molar refractivity (Wildman–Crippen MR) is 118 cm³/mol. The summed E-state index contributed by atoms with van der Waals surface area (Å²) in [5, 5.41) is 0. The Hall–Kier alpha value is -1.31. The molecule has 4 fully saturated rings. The highest BCUT2D eigenvalue weighted by Gasteiger charge is 2.66. The van der Waals surface area contributed by atoms with Crippen molar-refractivity contribution < 1.29 is 36.3 Å². The molecule has 0 radical (unpaired) electrons. The summed E-state index contributed by atoms with van der Waals surface area (Å²) >= 11 is 0. The summed E-state index contributed by atoms with van der Waals surface area (Å²) in [5.74, 6) is -3.20. The Labute approximate surface area is 194 Å². The van der Waals surface area contributed by atoms with E-state index < -0.39 is 39.9 Å². The van der Waals surface area contributed by atoms with Gasteiger partial charge in [0.15, 0.2) is 11.6 Å². The van der Waals surface area contributed by atoms with Gasteiger partial charge in [0.2, 0.25) is 5.79 Å². The van der Waals surface area contributed by atoms with Crippen molar-refractivity contribution in [1.29, 1.82) is 0 Å². The second kappa shape index (κ2) is 8.13. The van der Waals surface area contributed by atoms with Crippen LogP contribution in [0.3, 0.4) is 0 Å². The lowest BCUT2D eigenvalue weighted by atomic mass is 9.98. The summed E-state index contributed by atoms with van der Waals surface area (Å²) in [6.45, 7) is 8.81. The first kappa shape index (κ1) is 23.4. The Morgan fingerprint density at radius 3 is 2.36 bits per heavy atom. The molecule has 4 heterocycles. The maximum atomic E-state index is 13.0. The Bertz CT molecular complexity index is 964. The molecular weight excluding hydrogens is 452 g/mol. The Kier molecular flexibility index (Phi) is 5.77. The molecule has 0 amide bonds. The molecule has 11 heteroatoms. The van der Waals surface area contributed by atoms with Gasteiger partial charge in [-0.1, -0.05) is 18.2 Å². The third kappa shape index (κ3) is 4.53. The van der Waals surface area contributed by atoms with Crippen LogP contribution in [0, 0.1) is 0 Å². The number of hydrogen-bond donors (Lipinski definition) is 0. The minimum Gasteiger partial charge on any atom is -0.369 e. The normalized spacial score (nSPS) is 35.9. The number of para-hydroxylation sites is 1. The zero-order chi connectivity index (χ0) is 23.5. The molecular formula is C22H32N2O8S. The van der Waals surface area contributed by atoms with Crippen molar-refractivity contribution in [2.24, 2.45) is 0 Å². The van der Waals surface area contributed by atoms with Crippen molar-refractivity contribution in [2.45, 2.75) is 63.4 Å². The van der Waals surface area contributed by atoms with Crippen molar-refractivity contribution in [2.75, 3.05) is 44.3 Å². The molecule has 0 spiro atoms. The van der Waals surface area contributed by atoms with E-state index in [1.165, 1.54) is 4.31 Å². The molecule has 0 saturated carbocycles. The van der Waals surface area contributed by atoms with Gasteiger partial charge in [-0.15, -0.1) is 0 Å². The van der Waals surface area contributed by atoms with Gasteiger partial charge in [0.1, 0.15) is 24.9 Å². The van der Waals surface area contributed by atoms with Crippen molar-refractivity contribution in [1.82, 2.24) is 4.31 Å². The van der Waals surface area contributed by atoms with E-state index >= 15 is 0 Å². The highest BCUT2D eigenvalue weighted by Crippen LogP contribution is 2.47. The van der Waals surface area contributed by atoms with Crippen LogP contribution in [0.2, 0.25) is 0 Å². The van der Waals surface area contributed by atoms with Gasteiger partial charge in [0.05, 0.1) is 6.61 Å². The van der Waals surface area contributed by atoms with Gasteiger partial charge in [0.25, 0.3) is 0 Å². The van der Waals surface area contributed by atoms with Crippen LogP contribution in [0.25, 0.3) is 0 Å². The maximum Gasteiger partial charge on any atom is 0.338 e. The Balaban J connectivity index is 1.26. The van der Waals surface area contributed by atoms with Gasteiger partial charge >= 0.3 is 10.3 Å². The van der Waals surface area contributed by atoms with Crippen LogP contribution < -0.4 is 4.90 Å². The van der Waals surface area contributed by atoms with Crippen LogP contribution in [0.4, 0.5) is 5.69 Å². The molecule has 1 aromatic carbocycles. The monoisotopic (exact) mass is 484 g/mol. The minimum atomic E-state index is -4.00. The van der Waals surface area contributed by atoms with Crippen LogP contribution >= 0.6 is 0 Å². The molecule has 4 saturated heterocycles. The molecule has 0 bridgehead atoms. The average molecular weight is 485 g/mol. The smallest absolute Gasteiger partial charge is 0.338 e. The standard InChI is InChI=1S/C22H32N2O8S/c1-20(2)29-17-14-27-22(19(18(17)30-20)31-21(3,4)32-22)15-28-33(25,26)24-12-10-23(11-13-24)16-8-6-5-7-9-16/h5-9,17-19H,10-15H2,1-4H3/t17-,18+,19-,22-/m1/s1. The van der Waals surface area contributed by atoms with E-state index in [1.807, 2.05) is 44.2 Å². The first-order valence-corrected chi connectivity index (χ1v) is 12.7. The first-order chi connectivity index (χ1) is 15.5. The fourth-order valence-corrected chi connectivity index (χ4v) is 6.06. The van der Waals surface area contributed by atoms with E-state index in [4.69, 9.17) is 27.9 Å². The third-order valence-corrected chi connectivity index (χ3v) is 7.77. The lowest BCUT2D eigenvalue weighted by molar-refractivity contribution is -0.290. The molecule has 0 aliphatic carbocycles. The molecule has 4 aliphatic heterocycles. The van der Waals surface area contributed by atoms with Crippen molar-refractivity contribution in [3.8, 4) is 0 Å². The lowest BCUT2D eigenvalue weighted by Crippen LogP contribution is -2.61. The molecule has 0 unspecified atom stereocenters. The van der Waals surface area contributed by atoms with Gasteiger partial charge in [-0.25, -0.2) is 0 Å². The fourth-order valence-electron chi connectivity index (χ4n) is 4.99. The summed E-state index contributed by atoms with van der Waals surface area (Å²) in [5.41, 5.74) is 1.07. The van der Waals surface area contributed by atoms with Crippen LogP contribution in [0.15, 0.2) is 30.3 Å². The largest absolute Gasteiger partial charge is 0.369 e. The van der Waals surface area contributed by atoms with Gasteiger partial charge < -0.3 is 28.6 Å². The van der Waals surface area contributed by atoms with Crippen molar-refractivity contribution >= 4 is 16.0 Å². The molecule has 0 N–H and O–H groups in total. The predicted octanol–water partition coefficient (Wildman–Crippen LogP) is 1.47. The number of anilines is 1. The molecule has 0 aromatic heterocycles. The Morgan fingerprint density at radius 1 is 0.970 bits per heavy atom. The number of hydrogen-bond acceptors (Lipinski definition) is 9. The SMILES string of the molecule is CC1(C)O[C@@H]2[C@H]3OC(C)(C)O[C@@]3(COS(=O)(=O)N3CCN(c4ccccc4)CC3)OC[C@H]2O1. The van der Waals surface area contributed by atoms with Crippen LogP contribution in [-0.4, -0.2) is 87.8 Å². The van der Waals surface area contributed by atoms with Crippen molar-refractivity contribution in [3.63, 3.8) is 0 Å². The van der Waals surface area contributed by atoms with Crippen LogP contribution in [0.5, 0.6) is 0 Å². The maximum absolute atomic E-state index is 13.0. The number of piperazine rings is 1. The van der Waals surface area contributed by atoms with E-state index in [0.717, 1.165) is 5.69 Å². The highest BCUT2D eigenvalue weighted by molar-refractivity contribution is 7.84. The molecule has 4 atom stereocenters. The number of ether oxygens (including phenoxy) is 5. The lowest BCUT2D eigenvalue weighted by Gasteiger charge is -2.40. The van der Waals surface area contributed by atoms with Gasteiger partial charge in [-0.2, -0.15) is 12.7 Å². The summed E-state index contributed by atoms with van der Waals surface area (Å²) in [4.78, 5) is 2.15. The van der Waals surface area contributed by atoms with Gasteiger partial charge in [-0.05, 0) is 39.8 Å². The minimum absolute atomic E-state index is 0.184.